The Labute approximate surface area is 126 Å². The lowest BCUT2D eigenvalue weighted by Gasteiger charge is -2.10. The molecule has 1 aliphatic rings. The number of hydrogen-bond donors (Lipinski definition) is 2. The summed E-state index contributed by atoms with van der Waals surface area (Å²) < 4.78 is 22.3. The van der Waals surface area contributed by atoms with Gasteiger partial charge in [0.15, 0.2) is 0 Å². The molecule has 1 aromatic rings. The van der Waals surface area contributed by atoms with Gasteiger partial charge in [-0.1, -0.05) is 25.0 Å². The SMILES string of the molecule is NS(=O)(=O)c1ccc(CCC(=O)NCC2CCCC2)cc1. The Bertz CT molecular complexity index is 575. The molecule has 0 saturated heterocycles. The molecule has 1 amide bonds. The van der Waals surface area contributed by atoms with Gasteiger partial charge in [0.2, 0.25) is 15.9 Å². The van der Waals surface area contributed by atoms with Gasteiger partial charge >= 0.3 is 0 Å². The summed E-state index contributed by atoms with van der Waals surface area (Å²) in [5.74, 6) is 0.695. The molecule has 0 atom stereocenters. The lowest BCUT2D eigenvalue weighted by atomic mass is 10.1. The van der Waals surface area contributed by atoms with E-state index in [4.69, 9.17) is 5.14 Å². The second kappa shape index (κ2) is 7.04. The zero-order valence-electron chi connectivity index (χ0n) is 12.0. The summed E-state index contributed by atoms with van der Waals surface area (Å²) in [5, 5.41) is 8.01. The van der Waals surface area contributed by atoms with Crippen molar-refractivity contribution in [3.05, 3.63) is 29.8 Å². The predicted molar refractivity (Wildman–Crippen MR) is 81.1 cm³/mol. The fourth-order valence-electron chi connectivity index (χ4n) is 2.66. The zero-order valence-corrected chi connectivity index (χ0v) is 12.9. The summed E-state index contributed by atoms with van der Waals surface area (Å²) in [6.45, 7) is 0.781. The number of nitrogens with one attached hydrogen (secondary N) is 1. The number of aryl methyl sites for hydroxylation is 1. The molecule has 1 aromatic carbocycles. The van der Waals surface area contributed by atoms with E-state index in [-0.39, 0.29) is 10.8 Å². The van der Waals surface area contributed by atoms with Gasteiger partial charge in [0.25, 0.3) is 0 Å². The minimum Gasteiger partial charge on any atom is -0.356 e. The second-order valence-corrected chi connectivity index (χ2v) is 7.20. The molecule has 2 rings (SSSR count). The van der Waals surface area contributed by atoms with Gasteiger partial charge in [0, 0.05) is 13.0 Å². The molecule has 0 heterocycles. The summed E-state index contributed by atoms with van der Waals surface area (Å²) in [4.78, 5) is 11.9. The zero-order chi connectivity index (χ0) is 15.3. The minimum absolute atomic E-state index is 0.0532. The standard InChI is InChI=1S/C15H22N2O3S/c16-21(19,20)14-8-5-12(6-9-14)7-10-15(18)17-11-13-3-1-2-4-13/h5-6,8-9,13H,1-4,7,10-11H2,(H,17,18)(H2,16,19,20). The van der Waals surface area contributed by atoms with Gasteiger partial charge < -0.3 is 5.32 Å². The molecular weight excluding hydrogens is 288 g/mol. The summed E-state index contributed by atoms with van der Waals surface area (Å²) in [6.07, 6.45) is 6.00. The molecule has 0 radical (unpaired) electrons. The fraction of sp³-hybridized carbons (Fsp3) is 0.533. The van der Waals surface area contributed by atoms with Crippen molar-refractivity contribution in [1.29, 1.82) is 0 Å². The van der Waals surface area contributed by atoms with Crippen molar-refractivity contribution in [3.63, 3.8) is 0 Å². The highest BCUT2D eigenvalue weighted by Crippen LogP contribution is 2.23. The predicted octanol–water partition coefficient (Wildman–Crippen LogP) is 1.57. The molecular formula is C15H22N2O3S. The summed E-state index contributed by atoms with van der Waals surface area (Å²) in [7, 11) is -3.65. The maximum Gasteiger partial charge on any atom is 0.238 e. The number of amides is 1. The van der Waals surface area contributed by atoms with E-state index >= 15 is 0 Å². The Hall–Kier alpha value is -1.40. The molecule has 3 N–H and O–H groups in total. The number of primary sulfonamides is 1. The van der Waals surface area contributed by atoms with Crippen LogP contribution in [0.1, 0.15) is 37.7 Å². The third-order valence-corrected chi connectivity index (χ3v) is 4.88. The molecule has 1 aliphatic carbocycles. The summed E-state index contributed by atoms with van der Waals surface area (Å²) in [6, 6.07) is 6.34. The Morgan fingerprint density at radius 1 is 1.19 bits per heavy atom. The highest BCUT2D eigenvalue weighted by Gasteiger charge is 2.15. The van der Waals surface area contributed by atoms with E-state index in [0.717, 1.165) is 12.1 Å². The first-order chi connectivity index (χ1) is 9.95. The number of benzene rings is 1. The monoisotopic (exact) mass is 310 g/mol. The number of rotatable bonds is 6. The van der Waals surface area contributed by atoms with Crippen molar-refractivity contribution in [2.75, 3.05) is 6.54 Å². The summed E-state index contributed by atoms with van der Waals surface area (Å²) >= 11 is 0. The van der Waals surface area contributed by atoms with E-state index < -0.39 is 10.0 Å². The van der Waals surface area contributed by atoms with Crippen molar-refractivity contribution in [2.24, 2.45) is 11.1 Å². The van der Waals surface area contributed by atoms with E-state index in [1.54, 1.807) is 12.1 Å². The van der Waals surface area contributed by atoms with Crippen LogP contribution in [0.25, 0.3) is 0 Å². The van der Waals surface area contributed by atoms with Crippen LogP contribution >= 0.6 is 0 Å². The van der Waals surface area contributed by atoms with E-state index in [1.165, 1.54) is 37.8 Å². The van der Waals surface area contributed by atoms with Crippen LogP contribution in [0.4, 0.5) is 0 Å². The highest BCUT2D eigenvalue weighted by atomic mass is 32.2. The Morgan fingerprint density at radius 3 is 2.38 bits per heavy atom. The molecule has 116 valence electrons. The fourth-order valence-corrected chi connectivity index (χ4v) is 3.18. The lowest BCUT2D eigenvalue weighted by Crippen LogP contribution is -2.28. The van der Waals surface area contributed by atoms with Crippen molar-refractivity contribution in [3.8, 4) is 0 Å². The van der Waals surface area contributed by atoms with Gasteiger partial charge in [-0.05, 0) is 42.9 Å². The molecule has 6 heteroatoms. The van der Waals surface area contributed by atoms with Crippen LogP contribution in [0.2, 0.25) is 0 Å². The summed E-state index contributed by atoms with van der Waals surface area (Å²) in [5.41, 5.74) is 0.929. The molecule has 0 unspecified atom stereocenters. The first kappa shape index (κ1) is 16.0. The van der Waals surface area contributed by atoms with Crippen LogP contribution in [0, 0.1) is 5.92 Å². The van der Waals surface area contributed by atoms with E-state index in [9.17, 15) is 13.2 Å². The molecule has 0 spiro atoms. The van der Waals surface area contributed by atoms with Crippen molar-refractivity contribution in [1.82, 2.24) is 5.32 Å². The van der Waals surface area contributed by atoms with Gasteiger partial charge in [-0.15, -0.1) is 0 Å². The number of sulfonamides is 1. The topological polar surface area (TPSA) is 89.3 Å². The van der Waals surface area contributed by atoms with Crippen LogP contribution in [0.3, 0.4) is 0 Å². The van der Waals surface area contributed by atoms with Crippen LogP contribution in [0.5, 0.6) is 0 Å². The molecule has 1 saturated carbocycles. The Kier molecular flexibility index (Phi) is 5.36. The normalized spacial score (nSPS) is 16.0. The third kappa shape index (κ3) is 5.13. The minimum atomic E-state index is -3.65. The first-order valence-corrected chi connectivity index (χ1v) is 8.88. The Balaban J connectivity index is 1.75. The third-order valence-electron chi connectivity index (χ3n) is 3.96. The van der Waals surface area contributed by atoms with Gasteiger partial charge in [0.1, 0.15) is 0 Å². The molecule has 21 heavy (non-hydrogen) atoms. The lowest BCUT2D eigenvalue weighted by molar-refractivity contribution is -0.121. The maximum absolute atomic E-state index is 11.8. The first-order valence-electron chi connectivity index (χ1n) is 7.33. The molecule has 1 fully saturated rings. The number of carbonyl (C=O) groups excluding carboxylic acids is 1. The van der Waals surface area contributed by atoms with Crippen LogP contribution in [0.15, 0.2) is 29.2 Å². The van der Waals surface area contributed by atoms with Gasteiger partial charge in [0.05, 0.1) is 4.90 Å². The van der Waals surface area contributed by atoms with Gasteiger partial charge in [-0.2, -0.15) is 0 Å². The maximum atomic E-state index is 11.8. The quantitative estimate of drug-likeness (QED) is 0.836. The largest absolute Gasteiger partial charge is 0.356 e. The van der Waals surface area contributed by atoms with Gasteiger partial charge in [-0.25, -0.2) is 13.6 Å². The molecule has 5 nitrogen and oxygen atoms in total. The second-order valence-electron chi connectivity index (χ2n) is 5.64. The van der Waals surface area contributed by atoms with Gasteiger partial charge in [-0.3, -0.25) is 4.79 Å². The average Bonchev–Trinajstić information content (AvgIpc) is 2.95. The number of carbonyl (C=O) groups is 1. The highest BCUT2D eigenvalue weighted by molar-refractivity contribution is 7.89. The molecule has 0 aromatic heterocycles. The molecule has 0 bridgehead atoms. The van der Waals surface area contributed by atoms with Crippen LogP contribution in [-0.2, 0) is 21.2 Å². The van der Waals surface area contributed by atoms with Crippen LogP contribution < -0.4 is 10.5 Å². The van der Waals surface area contributed by atoms with Crippen molar-refractivity contribution in [2.45, 2.75) is 43.4 Å². The average molecular weight is 310 g/mol. The smallest absolute Gasteiger partial charge is 0.238 e. The Morgan fingerprint density at radius 2 is 1.81 bits per heavy atom. The van der Waals surface area contributed by atoms with E-state index in [2.05, 4.69) is 5.32 Å². The van der Waals surface area contributed by atoms with E-state index in [1.807, 2.05) is 0 Å². The van der Waals surface area contributed by atoms with E-state index in [0.29, 0.717) is 18.8 Å². The number of hydrogen-bond acceptors (Lipinski definition) is 3. The van der Waals surface area contributed by atoms with Crippen molar-refractivity contribution < 1.29 is 13.2 Å². The molecule has 0 aliphatic heterocycles. The number of nitrogens with two attached hydrogens (primary N) is 1. The van der Waals surface area contributed by atoms with Crippen LogP contribution in [-0.4, -0.2) is 20.9 Å². The van der Waals surface area contributed by atoms with Crippen molar-refractivity contribution >= 4 is 15.9 Å².